The van der Waals surface area contributed by atoms with Crippen LogP contribution >= 0.6 is 11.3 Å². The van der Waals surface area contributed by atoms with Crippen molar-refractivity contribution in [1.29, 1.82) is 0 Å². The Balaban J connectivity index is 2.09. The molecule has 7 heteroatoms. The van der Waals surface area contributed by atoms with Crippen LogP contribution in [-0.4, -0.2) is 56.1 Å². The fourth-order valence-corrected chi connectivity index (χ4v) is 4.42. The minimum absolute atomic E-state index is 0.0819. The first kappa shape index (κ1) is 15.9. The van der Waals surface area contributed by atoms with Gasteiger partial charge in [0.15, 0.2) is 0 Å². The Morgan fingerprint density at radius 3 is 2.45 bits per heavy atom. The first-order chi connectivity index (χ1) is 9.43. The van der Waals surface area contributed by atoms with Crippen molar-refractivity contribution < 1.29 is 8.42 Å². The largest absolute Gasteiger partial charge is 0.326 e. The van der Waals surface area contributed by atoms with E-state index in [1.54, 1.807) is 15.6 Å². The number of sulfonamides is 1. The van der Waals surface area contributed by atoms with E-state index in [0.717, 1.165) is 19.5 Å². The van der Waals surface area contributed by atoms with Gasteiger partial charge in [-0.1, -0.05) is 13.0 Å². The van der Waals surface area contributed by atoms with Gasteiger partial charge in [-0.25, -0.2) is 8.42 Å². The monoisotopic (exact) mass is 317 g/mol. The minimum Gasteiger partial charge on any atom is -0.326 e. The summed E-state index contributed by atoms with van der Waals surface area (Å²) in [5, 5.41) is 2.07. The van der Waals surface area contributed by atoms with Crippen molar-refractivity contribution in [3.8, 4) is 0 Å². The number of piperazine rings is 1. The molecule has 5 nitrogen and oxygen atoms in total. The second-order valence-corrected chi connectivity index (χ2v) is 8.19. The van der Waals surface area contributed by atoms with Crippen molar-refractivity contribution in [2.75, 3.05) is 32.4 Å². The maximum absolute atomic E-state index is 11.6. The first-order valence-electron chi connectivity index (χ1n) is 6.91. The molecule has 0 aromatic carbocycles. The highest BCUT2D eigenvalue weighted by molar-refractivity contribution is 7.88. The quantitative estimate of drug-likeness (QED) is 0.883. The predicted octanol–water partition coefficient (Wildman–Crippen LogP) is 1.10. The van der Waals surface area contributed by atoms with Gasteiger partial charge >= 0.3 is 0 Å². The third kappa shape index (κ3) is 3.59. The summed E-state index contributed by atoms with van der Waals surface area (Å²) in [6.45, 7) is 4.68. The summed E-state index contributed by atoms with van der Waals surface area (Å²) in [5.74, 6) is 0. The van der Waals surface area contributed by atoms with Crippen molar-refractivity contribution in [2.45, 2.75) is 25.4 Å². The molecule has 2 rings (SSSR count). The minimum atomic E-state index is -3.08. The van der Waals surface area contributed by atoms with Gasteiger partial charge in [-0.15, -0.1) is 11.3 Å². The Hall–Kier alpha value is -0.470. The SMILES string of the molecule is CCC(N)C(c1cccs1)N1CCN(S(C)(=O)=O)CC1. The van der Waals surface area contributed by atoms with Crippen LogP contribution in [0.5, 0.6) is 0 Å². The molecule has 2 heterocycles. The number of thiophene rings is 1. The lowest BCUT2D eigenvalue weighted by Gasteiger charge is -2.40. The molecular formula is C13H23N3O2S2. The molecule has 1 saturated heterocycles. The lowest BCUT2D eigenvalue weighted by molar-refractivity contribution is 0.121. The number of nitrogens with two attached hydrogens (primary N) is 1. The summed E-state index contributed by atoms with van der Waals surface area (Å²) in [5.41, 5.74) is 6.29. The Labute approximate surface area is 125 Å². The molecular weight excluding hydrogens is 294 g/mol. The third-order valence-corrected chi connectivity index (χ3v) is 6.09. The van der Waals surface area contributed by atoms with Crippen LogP contribution < -0.4 is 5.73 Å². The maximum atomic E-state index is 11.6. The standard InChI is InChI=1S/C13H23N3O2S2/c1-3-11(14)13(12-5-4-10-19-12)15-6-8-16(9-7-15)20(2,17)18/h4-5,10-11,13H,3,6-9,14H2,1-2H3. The molecule has 0 aliphatic carbocycles. The van der Waals surface area contributed by atoms with E-state index in [9.17, 15) is 8.42 Å². The molecule has 2 unspecified atom stereocenters. The average Bonchev–Trinajstić information content (AvgIpc) is 2.92. The molecule has 0 bridgehead atoms. The number of hydrogen-bond acceptors (Lipinski definition) is 5. The summed E-state index contributed by atoms with van der Waals surface area (Å²) in [4.78, 5) is 3.59. The molecule has 20 heavy (non-hydrogen) atoms. The molecule has 114 valence electrons. The van der Waals surface area contributed by atoms with E-state index in [1.165, 1.54) is 11.1 Å². The molecule has 2 atom stereocenters. The topological polar surface area (TPSA) is 66.6 Å². The molecule has 0 saturated carbocycles. The van der Waals surface area contributed by atoms with Crippen LogP contribution in [0.25, 0.3) is 0 Å². The van der Waals surface area contributed by atoms with Crippen molar-refractivity contribution in [3.05, 3.63) is 22.4 Å². The van der Waals surface area contributed by atoms with E-state index < -0.39 is 10.0 Å². The van der Waals surface area contributed by atoms with Gasteiger partial charge in [-0.3, -0.25) is 4.90 Å². The van der Waals surface area contributed by atoms with Crippen LogP contribution in [0.2, 0.25) is 0 Å². The number of hydrogen-bond donors (Lipinski definition) is 1. The van der Waals surface area contributed by atoms with E-state index in [0.29, 0.717) is 13.1 Å². The summed E-state index contributed by atoms with van der Waals surface area (Å²) < 4.78 is 24.7. The van der Waals surface area contributed by atoms with Gasteiger partial charge < -0.3 is 5.73 Å². The third-order valence-electron chi connectivity index (χ3n) is 3.85. The zero-order chi connectivity index (χ0) is 14.8. The number of rotatable bonds is 5. The van der Waals surface area contributed by atoms with Gasteiger partial charge in [0.1, 0.15) is 0 Å². The molecule has 1 aromatic heterocycles. The molecule has 1 aliphatic rings. The Bertz CT molecular complexity index is 508. The zero-order valence-electron chi connectivity index (χ0n) is 12.0. The Morgan fingerprint density at radius 2 is 2.00 bits per heavy atom. The highest BCUT2D eigenvalue weighted by Gasteiger charge is 2.31. The summed E-state index contributed by atoms with van der Waals surface area (Å²) in [6.07, 6.45) is 2.19. The van der Waals surface area contributed by atoms with Gasteiger partial charge in [0.05, 0.1) is 12.3 Å². The molecule has 1 aliphatic heterocycles. The van der Waals surface area contributed by atoms with Gasteiger partial charge in [0, 0.05) is 37.1 Å². The van der Waals surface area contributed by atoms with Crippen LogP contribution in [0, 0.1) is 0 Å². The molecule has 0 amide bonds. The van der Waals surface area contributed by atoms with Crippen molar-refractivity contribution in [2.24, 2.45) is 5.73 Å². The van der Waals surface area contributed by atoms with Crippen LogP contribution in [-0.2, 0) is 10.0 Å². The molecule has 1 fully saturated rings. The van der Waals surface area contributed by atoms with Crippen molar-refractivity contribution >= 4 is 21.4 Å². The summed E-state index contributed by atoms with van der Waals surface area (Å²) >= 11 is 1.72. The van der Waals surface area contributed by atoms with Crippen LogP contribution in [0.15, 0.2) is 17.5 Å². The molecule has 2 N–H and O–H groups in total. The zero-order valence-corrected chi connectivity index (χ0v) is 13.7. The Kier molecular flexibility index (Phi) is 5.19. The predicted molar refractivity (Wildman–Crippen MR) is 83.3 cm³/mol. The highest BCUT2D eigenvalue weighted by atomic mass is 32.2. The first-order valence-corrected chi connectivity index (χ1v) is 9.64. The summed E-state index contributed by atoms with van der Waals surface area (Å²) in [7, 11) is -3.08. The second kappa shape index (κ2) is 6.53. The smallest absolute Gasteiger partial charge is 0.211 e. The van der Waals surface area contributed by atoms with Crippen LogP contribution in [0.1, 0.15) is 24.3 Å². The molecule has 0 spiro atoms. The number of nitrogens with zero attached hydrogens (tertiary/aromatic N) is 2. The van der Waals surface area contributed by atoms with Crippen molar-refractivity contribution in [1.82, 2.24) is 9.21 Å². The maximum Gasteiger partial charge on any atom is 0.211 e. The second-order valence-electron chi connectivity index (χ2n) is 5.23. The van der Waals surface area contributed by atoms with Gasteiger partial charge in [0.25, 0.3) is 0 Å². The normalized spacial score (nSPS) is 21.8. The highest BCUT2D eigenvalue weighted by Crippen LogP contribution is 2.29. The van der Waals surface area contributed by atoms with E-state index in [4.69, 9.17) is 5.73 Å². The van der Waals surface area contributed by atoms with Gasteiger partial charge in [-0.2, -0.15) is 4.31 Å². The van der Waals surface area contributed by atoms with Crippen LogP contribution in [0.3, 0.4) is 0 Å². The van der Waals surface area contributed by atoms with Gasteiger partial charge in [-0.05, 0) is 17.9 Å². The average molecular weight is 317 g/mol. The van der Waals surface area contributed by atoms with E-state index >= 15 is 0 Å². The summed E-state index contributed by atoms with van der Waals surface area (Å²) in [6, 6.07) is 4.44. The van der Waals surface area contributed by atoms with E-state index in [1.807, 2.05) is 6.07 Å². The van der Waals surface area contributed by atoms with Crippen molar-refractivity contribution in [3.63, 3.8) is 0 Å². The lowest BCUT2D eigenvalue weighted by atomic mass is 10.0. The van der Waals surface area contributed by atoms with E-state index in [2.05, 4.69) is 23.3 Å². The fourth-order valence-electron chi connectivity index (χ4n) is 2.66. The molecule has 0 radical (unpaired) electrons. The van der Waals surface area contributed by atoms with E-state index in [-0.39, 0.29) is 12.1 Å². The van der Waals surface area contributed by atoms with Crippen LogP contribution in [0.4, 0.5) is 0 Å². The fraction of sp³-hybridized carbons (Fsp3) is 0.692. The lowest BCUT2D eigenvalue weighted by Crippen LogP contribution is -2.52. The molecule has 1 aromatic rings. The van der Waals surface area contributed by atoms with Gasteiger partial charge in [0.2, 0.25) is 10.0 Å². The Morgan fingerprint density at radius 1 is 1.35 bits per heavy atom.